The molecule has 1 aliphatic rings. The maximum absolute atomic E-state index is 5.32. The van der Waals surface area contributed by atoms with Gasteiger partial charge in [0, 0.05) is 12.6 Å². The third-order valence-electron chi connectivity index (χ3n) is 2.11. The van der Waals surface area contributed by atoms with Crippen LogP contribution in [0.2, 0.25) is 0 Å². The van der Waals surface area contributed by atoms with Gasteiger partial charge in [0.25, 0.3) is 0 Å². The highest BCUT2D eigenvalue weighted by molar-refractivity contribution is 4.75. The largest absolute Gasteiger partial charge is 0.381 e. The zero-order chi connectivity index (χ0) is 7.40. The molecule has 0 amide bonds. The highest BCUT2D eigenvalue weighted by Gasteiger charge is 2.19. The summed E-state index contributed by atoms with van der Waals surface area (Å²) in [6, 6.07) is 0.693. The normalized spacial score (nSPS) is 34.2. The molecule has 0 aromatic heterocycles. The third-order valence-corrected chi connectivity index (χ3v) is 2.11. The molecule has 0 aliphatic carbocycles. The molecule has 60 valence electrons. The molecule has 1 aliphatic heterocycles. The molecule has 1 saturated heterocycles. The summed E-state index contributed by atoms with van der Waals surface area (Å²) in [7, 11) is 0. The van der Waals surface area contributed by atoms with Crippen LogP contribution in [0.25, 0.3) is 0 Å². The van der Waals surface area contributed by atoms with Crippen LogP contribution < -0.4 is 5.32 Å². The van der Waals surface area contributed by atoms with Gasteiger partial charge < -0.3 is 10.1 Å². The fourth-order valence-electron chi connectivity index (χ4n) is 1.45. The van der Waals surface area contributed by atoms with Crippen molar-refractivity contribution in [2.75, 3.05) is 19.8 Å². The van der Waals surface area contributed by atoms with E-state index < -0.39 is 0 Å². The van der Waals surface area contributed by atoms with Gasteiger partial charge in [-0.25, -0.2) is 0 Å². The minimum absolute atomic E-state index is 0.689. The van der Waals surface area contributed by atoms with Crippen molar-refractivity contribution >= 4 is 0 Å². The van der Waals surface area contributed by atoms with Gasteiger partial charge in [0.2, 0.25) is 0 Å². The lowest BCUT2D eigenvalue weighted by molar-refractivity contribution is 0.0396. The Labute approximate surface area is 63.0 Å². The third kappa shape index (κ3) is 1.96. The molecule has 10 heavy (non-hydrogen) atoms. The summed E-state index contributed by atoms with van der Waals surface area (Å²) in [5.74, 6) is 0.689. The Bertz CT molecular complexity index is 93.3. The van der Waals surface area contributed by atoms with Gasteiger partial charge in [0.1, 0.15) is 0 Å². The van der Waals surface area contributed by atoms with E-state index in [0.717, 1.165) is 19.8 Å². The summed E-state index contributed by atoms with van der Waals surface area (Å²) in [5.41, 5.74) is 0. The van der Waals surface area contributed by atoms with Gasteiger partial charge >= 0.3 is 0 Å². The maximum atomic E-state index is 5.32. The molecule has 0 bridgehead atoms. The zero-order valence-corrected chi connectivity index (χ0v) is 6.89. The highest BCUT2D eigenvalue weighted by Crippen LogP contribution is 2.12. The molecule has 2 heteroatoms. The average molecular weight is 143 g/mol. The van der Waals surface area contributed by atoms with Crippen LogP contribution in [0.4, 0.5) is 0 Å². The van der Waals surface area contributed by atoms with E-state index in [4.69, 9.17) is 4.74 Å². The van der Waals surface area contributed by atoms with E-state index in [-0.39, 0.29) is 0 Å². The van der Waals surface area contributed by atoms with Gasteiger partial charge in [-0.05, 0) is 18.9 Å². The Morgan fingerprint density at radius 2 is 2.40 bits per heavy atom. The van der Waals surface area contributed by atoms with Crippen molar-refractivity contribution in [1.29, 1.82) is 0 Å². The lowest BCUT2D eigenvalue weighted by atomic mass is 9.98. The van der Waals surface area contributed by atoms with Crippen molar-refractivity contribution in [1.82, 2.24) is 5.32 Å². The van der Waals surface area contributed by atoms with E-state index in [1.807, 2.05) is 0 Å². The Kier molecular flexibility index (Phi) is 3.16. The van der Waals surface area contributed by atoms with Gasteiger partial charge in [-0.3, -0.25) is 0 Å². The van der Waals surface area contributed by atoms with E-state index >= 15 is 0 Å². The molecule has 1 heterocycles. The van der Waals surface area contributed by atoms with Crippen LogP contribution >= 0.6 is 0 Å². The summed E-state index contributed by atoms with van der Waals surface area (Å²) in [5, 5.41) is 3.45. The fourth-order valence-corrected chi connectivity index (χ4v) is 1.45. The Hall–Kier alpha value is -0.0800. The molecule has 1 rings (SSSR count). The van der Waals surface area contributed by atoms with Crippen molar-refractivity contribution < 1.29 is 4.74 Å². The summed E-state index contributed by atoms with van der Waals surface area (Å²) in [6.45, 7) is 7.34. The van der Waals surface area contributed by atoms with Crippen LogP contribution in [0.15, 0.2) is 0 Å². The van der Waals surface area contributed by atoms with E-state index in [1.54, 1.807) is 0 Å². The first-order valence-corrected chi connectivity index (χ1v) is 4.15. The molecule has 0 aromatic carbocycles. The number of nitrogens with one attached hydrogen (secondary N) is 1. The second kappa shape index (κ2) is 3.94. The predicted octanol–water partition coefficient (Wildman–Crippen LogP) is 1.02. The van der Waals surface area contributed by atoms with Crippen LogP contribution in [-0.4, -0.2) is 25.8 Å². The van der Waals surface area contributed by atoms with Gasteiger partial charge in [-0.1, -0.05) is 13.8 Å². The first-order valence-electron chi connectivity index (χ1n) is 4.15. The van der Waals surface area contributed by atoms with Crippen molar-refractivity contribution in [2.24, 2.45) is 5.92 Å². The Morgan fingerprint density at radius 1 is 1.60 bits per heavy atom. The van der Waals surface area contributed by atoms with Crippen LogP contribution in [0.5, 0.6) is 0 Å². The number of rotatable bonds is 2. The minimum atomic E-state index is 0.689. The van der Waals surface area contributed by atoms with Crippen LogP contribution in [-0.2, 0) is 4.74 Å². The van der Waals surface area contributed by atoms with Gasteiger partial charge in [0.05, 0.1) is 6.61 Å². The molecule has 2 unspecified atom stereocenters. The van der Waals surface area contributed by atoms with Crippen molar-refractivity contribution in [3.05, 3.63) is 0 Å². The topological polar surface area (TPSA) is 21.3 Å². The SMILES string of the molecule is CCNC1CCOCC1C. The van der Waals surface area contributed by atoms with Crippen molar-refractivity contribution in [3.8, 4) is 0 Å². The average Bonchev–Trinajstić information content (AvgIpc) is 1.94. The van der Waals surface area contributed by atoms with Crippen molar-refractivity contribution in [2.45, 2.75) is 26.3 Å². The van der Waals surface area contributed by atoms with Gasteiger partial charge in [0.15, 0.2) is 0 Å². The van der Waals surface area contributed by atoms with E-state index in [1.165, 1.54) is 6.42 Å². The Morgan fingerprint density at radius 3 is 3.00 bits per heavy atom. The molecule has 0 aromatic rings. The first-order chi connectivity index (χ1) is 4.84. The predicted molar refractivity (Wildman–Crippen MR) is 42.1 cm³/mol. The molecule has 0 saturated carbocycles. The molecule has 0 spiro atoms. The van der Waals surface area contributed by atoms with Gasteiger partial charge in [-0.2, -0.15) is 0 Å². The monoisotopic (exact) mass is 143 g/mol. The summed E-state index contributed by atoms with van der Waals surface area (Å²) < 4.78 is 5.32. The number of hydrogen-bond donors (Lipinski definition) is 1. The second-order valence-electron chi connectivity index (χ2n) is 3.01. The van der Waals surface area contributed by atoms with Crippen LogP contribution in [0.3, 0.4) is 0 Å². The van der Waals surface area contributed by atoms with Crippen LogP contribution in [0.1, 0.15) is 20.3 Å². The smallest absolute Gasteiger partial charge is 0.0506 e. The van der Waals surface area contributed by atoms with E-state index in [0.29, 0.717) is 12.0 Å². The summed E-state index contributed by atoms with van der Waals surface area (Å²) in [6.07, 6.45) is 1.18. The molecule has 1 N–H and O–H groups in total. The summed E-state index contributed by atoms with van der Waals surface area (Å²) >= 11 is 0. The van der Waals surface area contributed by atoms with Gasteiger partial charge in [-0.15, -0.1) is 0 Å². The second-order valence-corrected chi connectivity index (χ2v) is 3.01. The number of hydrogen-bond acceptors (Lipinski definition) is 2. The highest BCUT2D eigenvalue weighted by atomic mass is 16.5. The quantitative estimate of drug-likeness (QED) is 0.623. The molecule has 0 radical (unpaired) electrons. The number of ether oxygens (including phenoxy) is 1. The van der Waals surface area contributed by atoms with E-state index in [2.05, 4.69) is 19.2 Å². The standard InChI is InChI=1S/C8H17NO/c1-3-9-8-4-5-10-6-7(8)2/h7-9H,3-6H2,1-2H3. The lowest BCUT2D eigenvalue weighted by Gasteiger charge is -2.29. The Balaban J connectivity index is 2.25. The molecule has 2 nitrogen and oxygen atoms in total. The fraction of sp³-hybridized carbons (Fsp3) is 1.00. The maximum Gasteiger partial charge on any atom is 0.0506 e. The van der Waals surface area contributed by atoms with E-state index in [9.17, 15) is 0 Å². The molecular weight excluding hydrogens is 126 g/mol. The zero-order valence-electron chi connectivity index (χ0n) is 6.89. The molecule has 1 fully saturated rings. The minimum Gasteiger partial charge on any atom is -0.381 e. The first kappa shape index (κ1) is 8.02. The molecule has 2 atom stereocenters. The summed E-state index contributed by atoms with van der Waals surface area (Å²) in [4.78, 5) is 0. The van der Waals surface area contributed by atoms with Crippen molar-refractivity contribution in [3.63, 3.8) is 0 Å². The van der Waals surface area contributed by atoms with Crippen LogP contribution in [0, 0.1) is 5.92 Å². The molecular formula is C8H17NO. The lowest BCUT2D eigenvalue weighted by Crippen LogP contribution is -2.41.